The average molecular weight is 345 g/mol. The molecule has 0 saturated heterocycles. The van der Waals surface area contributed by atoms with Gasteiger partial charge < -0.3 is 15.3 Å². The van der Waals surface area contributed by atoms with Gasteiger partial charge in [-0.15, -0.1) is 0 Å². The lowest BCUT2D eigenvalue weighted by atomic mass is 9.93. The number of anilines is 2. The zero-order valence-corrected chi connectivity index (χ0v) is 15.8. The minimum Gasteiger partial charge on any atom is -0.393 e. The lowest BCUT2D eigenvalue weighted by Crippen LogP contribution is -2.39. The van der Waals surface area contributed by atoms with Crippen molar-refractivity contribution in [2.75, 3.05) is 17.3 Å². The SMILES string of the molecule is CC(C)N(C)c1nc2c(N[C@H]3C[C@@H]4C[C@H]3C[C@@H]4O)[n+](C)cnc2n1C. The highest BCUT2D eigenvalue weighted by atomic mass is 16.3. The Morgan fingerprint density at radius 1 is 1.32 bits per heavy atom. The molecule has 0 aliphatic heterocycles. The number of hydrogen-bond donors (Lipinski definition) is 2. The molecule has 2 saturated carbocycles. The van der Waals surface area contributed by atoms with E-state index in [1.165, 1.54) is 0 Å². The van der Waals surface area contributed by atoms with Gasteiger partial charge in [0.2, 0.25) is 17.9 Å². The molecule has 136 valence electrons. The number of nitrogens with one attached hydrogen (secondary N) is 1. The normalized spacial score (nSPS) is 28.3. The summed E-state index contributed by atoms with van der Waals surface area (Å²) in [6.07, 6.45) is 4.86. The number of nitrogens with zero attached hydrogens (tertiary/aromatic N) is 5. The van der Waals surface area contributed by atoms with Crippen LogP contribution >= 0.6 is 0 Å². The second-order valence-corrected chi connectivity index (χ2v) is 8.10. The van der Waals surface area contributed by atoms with Crippen LogP contribution in [0.5, 0.6) is 0 Å². The topological polar surface area (TPSA) is 70.1 Å². The first kappa shape index (κ1) is 16.6. The molecule has 2 aliphatic rings. The van der Waals surface area contributed by atoms with Gasteiger partial charge in [-0.05, 0) is 44.9 Å². The molecule has 0 radical (unpaired) electrons. The van der Waals surface area contributed by atoms with Gasteiger partial charge in [0.1, 0.15) is 0 Å². The van der Waals surface area contributed by atoms with E-state index in [1.807, 2.05) is 25.0 Å². The van der Waals surface area contributed by atoms with Gasteiger partial charge in [0.15, 0.2) is 5.52 Å². The van der Waals surface area contributed by atoms with Crippen molar-refractivity contribution in [3.63, 3.8) is 0 Å². The molecule has 2 aromatic rings. The van der Waals surface area contributed by atoms with E-state index in [0.29, 0.717) is 23.9 Å². The molecule has 2 bridgehead atoms. The van der Waals surface area contributed by atoms with E-state index in [1.54, 1.807) is 0 Å². The first-order chi connectivity index (χ1) is 11.9. The molecule has 2 aliphatic carbocycles. The van der Waals surface area contributed by atoms with Crippen LogP contribution in [0.15, 0.2) is 6.33 Å². The van der Waals surface area contributed by atoms with Crippen molar-refractivity contribution in [1.82, 2.24) is 14.5 Å². The van der Waals surface area contributed by atoms with Crippen LogP contribution in [0.4, 0.5) is 11.8 Å². The molecule has 7 nitrogen and oxygen atoms in total. The Labute approximate surface area is 148 Å². The third-order valence-corrected chi connectivity index (χ3v) is 6.20. The molecule has 0 spiro atoms. The zero-order chi connectivity index (χ0) is 17.9. The number of imidazole rings is 1. The Morgan fingerprint density at radius 3 is 2.68 bits per heavy atom. The Morgan fingerprint density at radius 2 is 2.08 bits per heavy atom. The lowest BCUT2D eigenvalue weighted by molar-refractivity contribution is -0.659. The van der Waals surface area contributed by atoms with Crippen LogP contribution in [0.3, 0.4) is 0 Å². The third kappa shape index (κ3) is 2.56. The zero-order valence-electron chi connectivity index (χ0n) is 15.8. The van der Waals surface area contributed by atoms with Gasteiger partial charge in [0, 0.05) is 20.1 Å². The van der Waals surface area contributed by atoms with Gasteiger partial charge >= 0.3 is 0 Å². The van der Waals surface area contributed by atoms with Crippen LogP contribution in [-0.4, -0.2) is 44.9 Å². The molecule has 0 amide bonds. The summed E-state index contributed by atoms with van der Waals surface area (Å²) in [5, 5.41) is 13.7. The fourth-order valence-corrected chi connectivity index (χ4v) is 4.47. The van der Waals surface area contributed by atoms with Crippen LogP contribution in [0.2, 0.25) is 0 Å². The van der Waals surface area contributed by atoms with Gasteiger partial charge in [0.05, 0.1) is 19.2 Å². The smallest absolute Gasteiger partial charge is 0.253 e. The van der Waals surface area contributed by atoms with Crippen LogP contribution < -0.4 is 14.8 Å². The average Bonchev–Trinajstić information content (AvgIpc) is 3.22. The van der Waals surface area contributed by atoms with E-state index in [2.05, 4.69) is 40.7 Å². The van der Waals surface area contributed by atoms with Crippen LogP contribution in [0, 0.1) is 11.8 Å². The van der Waals surface area contributed by atoms with Crippen LogP contribution in [0.1, 0.15) is 33.1 Å². The van der Waals surface area contributed by atoms with Crippen LogP contribution in [-0.2, 0) is 14.1 Å². The largest absolute Gasteiger partial charge is 0.393 e. The maximum atomic E-state index is 10.0. The molecule has 2 aromatic heterocycles. The molecular formula is C18H29N6O+. The van der Waals surface area contributed by atoms with E-state index in [4.69, 9.17) is 4.98 Å². The van der Waals surface area contributed by atoms with Crippen LogP contribution in [0.25, 0.3) is 11.2 Å². The predicted octanol–water partition coefficient (Wildman–Crippen LogP) is 1.21. The van der Waals surface area contributed by atoms with E-state index >= 15 is 0 Å². The number of aryl methyl sites for hydroxylation is 2. The van der Waals surface area contributed by atoms with E-state index < -0.39 is 0 Å². The molecule has 2 N–H and O–H groups in total. The first-order valence-corrected chi connectivity index (χ1v) is 9.25. The number of hydrogen-bond acceptors (Lipinski definition) is 5. The summed E-state index contributed by atoms with van der Waals surface area (Å²) in [6, 6.07) is 0.784. The van der Waals surface area contributed by atoms with Crippen molar-refractivity contribution >= 4 is 22.9 Å². The Hall–Kier alpha value is -1.89. The maximum absolute atomic E-state index is 10.0. The van der Waals surface area contributed by atoms with Gasteiger partial charge in [-0.3, -0.25) is 4.57 Å². The monoisotopic (exact) mass is 345 g/mol. The van der Waals surface area contributed by atoms with Gasteiger partial charge in [0.25, 0.3) is 5.82 Å². The third-order valence-electron chi connectivity index (χ3n) is 6.20. The summed E-state index contributed by atoms with van der Waals surface area (Å²) in [5.41, 5.74) is 1.81. The first-order valence-electron chi connectivity index (χ1n) is 9.25. The highest BCUT2D eigenvalue weighted by Crippen LogP contribution is 2.45. The predicted molar refractivity (Wildman–Crippen MR) is 97.5 cm³/mol. The van der Waals surface area contributed by atoms with Crippen molar-refractivity contribution in [2.24, 2.45) is 25.9 Å². The summed E-state index contributed by atoms with van der Waals surface area (Å²) in [4.78, 5) is 11.7. The second-order valence-electron chi connectivity index (χ2n) is 8.10. The fourth-order valence-electron chi connectivity index (χ4n) is 4.47. The number of fused-ring (bicyclic) bond motifs is 3. The molecule has 7 heteroatoms. The molecule has 4 atom stereocenters. The minimum absolute atomic E-state index is 0.101. The molecule has 2 heterocycles. The highest BCUT2D eigenvalue weighted by Gasteiger charge is 2.47. The standard InChI is InChI=1S/C18H28N6O/c1-10(2)23(4)18-21-15-16(24(18)5)19-9-22(3)17(15)20-13-7-12-6-11(13)8-14(12)25/h9-14,25H,6-8H2,1-5H3/p+1/t11-,12-,13-,14-/m0/s1. The molecule has 0 unspecified atom stereocenters. The summed E-state index contributed by atoms with van der Waals surface area (Å²) in [7, 11) is 6.10. The number of aliphatic hydroxyl groups excluding tert-OH is 1. The van der Waals surface area contributed by atoms with Crippen molar-refractivity contribution in [3.05, 3.63) is 6.33 Å². The van der Waals surface area contributed by atoms with Crippen molar-refractivity contribution in [3.8, 4) is 0 Å². The fraction of sp³-hybridized carbons (Fsp3) is 0.722. The van der Waals surface area contributed by atoms with Crippen molar-refractivity contribution in [1.29, 1.82) is 0 Å². The molecule has 2 fully saturated rings. The molecule has 25 heavy (non-hydrogen) atoms. The molecular weight excluding hydrogens is 316 g/mol. The molecule has 0 aromatic carbocycles. The number of rotatable bonds is 4. The minimum atomic E-state index is -0.101. The van der Waals surface area contributed by atoms with E-state index in [0.717, 1.165) is 42.2 Å². The quantitative estimate of drug-likeness (QED) is 0.815. The summed E-state index contributed by atoms with van der Waals surface area (Å²) >= 11 is 0. The van der Waals surface area contributed by atoms with Crippen molar-refractivity contribution < 1.29 is 9.67 Å². The summed E-state index contributed by atoms with van der Waals surface area (Å²) in [6.45, 7) is 4.32. The highest BCUT2D eigenvalue weighted by molar-refractivity contribution is 5.83. The second kappa shape index (κ2) is 5.83. The maximum Gasteiger partial charge on any atom is 0.253 e. The van der Waals surface area contributed by atoms with Gasteiger partial charge in [-0.2, -0.15) is 0 Å². The van der Waals surface area contributed by atoms with Crippen molar-refractivity contribution in [2.45, 2.75) is 51.3 Å². The summed E-state index contributed by atoms with van der Waals surface area (Å²) in [5.74, 6) is 2.97. The van der Waals surface area contributed by atoms with Gasteiger partial charge in [-0.1, -0.05) is 4.98 Å². The Bertz CT molecular complexity index is 798. The Balaban J connectivity index is 1.71. The lowest BCUT2D eigenvalue weighted by Gasteiger charge is -2.24. The summed E-state index contributed by atoms with van der Waals surface area (Å²) < 4.78 is 4.09. The van der Waals surface area contributed by atoms with E-state index in [-0.39, 0.29) is 6.10 Å². The number of aliphatic hydroxyl groups is 1. The Kier molecular flexibility index (Phi) is 3.86. The van der Waals surface area contributed by atoms with Gasteiger partial charge in [-0.25, -0.2) is 9.55 Å². The number of aromatic nitrogens is 4. The molecule has 4 rings (SSSR count). The van der Waals surface area contributed by atoms with E-state index in [9.17, 15) is 5.11 Å².